The molecule has 0 aromatic heterocycles. The molecule has 3 rings (SSSR count). The SMILES string of the molecule is CC(C)COC(=O)/C=C(\Oc1ccccc1NC(=O)c1ccc(OCCCCc2ccccc2)cc1)C(=O)OCC(C)C. The second-order valence-corrected chi connectivity index (χ2v) is 10.9. The lowest BCUT2D eigenvalue weighted by molar-refractivity contribution is -0.144. The quantitative estimate of drug-likeness (QED) is 0.0833. The van der Waals surface area contributed by atoms with Gasteiger partial charge in [0, 0.05) is 5.56 Å². The van der Waals surface area contributed by atoms with Gasteiger partial charge >= 0.3 is 11.9 Å². The molecule has 0 heterocycles. The number of amides is 1. The minimum absolute atomic E-state index is 0.0843. The highest BCUT2D eigenvalue weighted by atomic mass is 16.6. The molecular formula is C35H41NO7. The van der Waals surface area contributed by atoms with E-state index in [1.807, 2.05) is 45.9 Å². The van der Waals surface area contributed by atoms with Crippen LogP contribution in [0.2, 0.25) is 0 Å². The fourth-order valence-electron chi connectivity index (χ4n) is 3.78. The summed E-state index contributed by atoms with van der Waals surface area (Å²) >= 11 is 0. The van der Waals surface area contributed by atoms with Gasteiger partial charge in [0.15, 0.2) is 5.75 Å². The summed E-state index contributed by atoms with van der Waals surface area (Å²) in [5.41, 5.74) is 2.03. The third-order valence-corrected chi connectivity index (χ3v) is 6.00. The zero-order valence-electron chi connectivity index (χ0n) is 25.3. The molecule has 0 atom stereocenters. The van der Waals surface area contributed by atoms with E-state index >= 15 is 0 Å². The van der Waals surface area contributed by atoms with Crippen LogP contribution in [0, 0.1) is 11.8 Å². The Kier molecular flexibility index (Phi) is 13.3. The van der Waals surface area contributed by atoms with E-state index in [2.05, 4.69) is 17.4 Å². The maximum atomic E-state index is 13.0. The van der Waals surface area contributed by atoms with E-state index < -0.39 is 11.9 Å². The van der Waals surface area contributed by atoms with Crippen LogP contribution in [0.15, 0.2) is 90.7 Å². The number of anilines is 1. The van der Waals surface area contributed by atoms with Crippen molar-refractivity contribution < 1.29 is 33.3 Å². The Morgan fingerprint density at radius 1 is 0.767 bits per heavy atom. The summed E-state index contributed by atoms with van der Waals surface area (Å²) < 4.78 is 22.1. The fourth-order valence-corrected chi connectivity index (χ4v) is 3.78. The van der Waals surface area contributed by atoms with Gasteiger partial charge in [-0.05, 0) is 73.1 Å². The maximum Gasteiger partial charge on any atom is 0.374 e. The van der Waals surface area contributed by atoms with E-state index in [1.165, 1.54) is 5.56 Å². The largest absolute Gasteiger partial charge is 0.494 e. The lowest BCUT2D eigenvalue weighted by Gasteiger charge is -2.15. The van der Waals surface area contributed by atoms with E-state index in [4.69, 9.17) is 18.9 Å². The highest BCUT2D eigenvalue weighted by Crippen LogP contribution is 2.27. The van der Waals surface area contributed by atoms with Gasteiger partial charge in [-0.1, -0.05) is 70.2 Å². The van der Waals surface area contributed by atoms with Crippen molar-refractivity contribution in [3.63, 3.8) is 0 Å². The van der Waals surface area contributed by atoms with Crippen LogP contribution in [0.4, 0.5) is 5.69 Å². The van der Waals surface area contributed by atoms with Crippen molar-refractivity contribution in [3.05, 3.63) is 102 Å². The smallest absolute Gasteiger partial charge is 0.374 e. The van der Waals surface area contributed by atoms with Gasteiger partial charge in [-0.25, -0.2) is 9.59 Å². The Bertz CT molecular complexity index is 1350. The summed E-state index contributed by atoms with van der Waals surface area (Å²) in [5.74, 6) is -1.22. The van der Waals surface area contributed by atoms with E-state index in [0.29, 0.717) is 23.6 Å². The molecule has 0 spiro atoms. The summed E-state index contributed by atoms with van der Waals surface area (Å²) in [6, 6.07) is 23.8. The second-order valence-electron chi connectivity index (χ2n) is 10.9. The van der Waals surface area contributed by atoms with Gasteiger partial charge in [0.2, 0.25) is 5.76 Å². The van der Waals surface area contributed by atoms with Gasteiger partial charge in [0.25, 0.3) is 5.91 Å². The number of carbonyl (C=O) groups excluding carboxylic acids is 3. The lowest BCUT2D eigenvalue weighted by atomic mass is 10.1. The first-order valence-corrected chi connectivity index (χ1v) is 14.6. The Labute approximate surface area is 254 Å². The Morgan fingerprint density at radius 2 is 1.42 bits per heavy atom. The molecule has 3 aromatic carbocycles. The Hall–Kier alpha value is -4.59. The molecular weight excluding hydrogens is 546 g/mol. The minimum atomic E-state index is -0.813. The number of benzene rings is 3. The van der Waals surface area contributed by atoms with E-state index in [0.717, 1.165) is 25.3 Å². The molecule has 0 aliphatic heterocycles. The number of esters is 2. The molecule has 0 aliphatic rings. The summed E-state index contributed by atoms with van der Waals surface area (Å²) in [4.78, 5) is 38.2. The molecule has 228 valence electrons. The predicted octanol–water partition coefficient (Wildman–Crippen LogP) is 7.00. The van der Waals surface area contributed by atoms with Crippen molar-refractivity contribution in [2.75, 3.05) is 25.1 Å². The summed E-state index contributed by atoms with van der Waals surface area (Å²) in [6.45, 7) is 8.51. The molecule has 0 saturated heterocycles. The molecule has 1 N–H and O–H groups in total. The van der Waals surface area contributed by atoms with Crippen LogP contribution in [-0.4, -0.2) is 37.7 Å². The summed E-state index contributed by atoms with van der Waals surface area (Å²) in [5, 5.41) is 2.81. The molecule has 1 amide bonds. The number of hydrogen-bond donors (Lipinski definition) is 1. The number of unbranched alkanes of at least 4 members (excludes halogenated alkanes) is 1. The average Bonchev–Trinajstić information content (AvgIpc) is 3.00. The zero-order valence-corrected chi connectivity index (χ0v) is 25.3. The molecule has 3 aromatic rings. The average molecular weight is 588 g/mol. The number of rotatable bonds is 16. The first-order chi connectivity index (χ1) is 20.7. The van der Waals surface area contributed by atoms with Crippen LogP contribution in [-0.2, 0) is 25.5 Å². The van der Waals surface area contributed by atoms with Crippen LogP contribution in [0.1, 0.15) is 56.5 Å². The molecule has 43 heavy (non-hydrogen) atoms. The van der Waals surface area contributed by atoms with Gasteiger partial charge in [0.1, 0.15) is 5.75 Å². The summed E-state index contributed by atoms with van der Waals surface area (Å²) in [7, 11) is 0. The summed E-state index contributed by atoms with van der Waals surface area (Å²) in [6.07, 6.45) is 3.92. The number of para-hydroxylation sites is 2. The topological polar surface area (TPSA) is 100 Å². The van der Waals surface area contributed by atoms with Crippen LogP contribution >= 0.6 is 0 Å². The molecule has 0 bridgehead atoms. The number of aryl methyl sites for hydroxylation is 1. The molecule has 0 aliphatic carbocycles. The van der Waals surface area contributed by atoms with E-state index in [9.17, 15) is 14.4 Å². The van der Waals surface area contributed by atoms with Crippen molar-refractivity contribution in [2.45, 2.75) is 47.0 Å². The second kappa shape index (κ2) is 17.4. The molecule has 8 heteroatoms. The number of hydrogen-bond acceptors (Lipinski definition) is 7. The zero-order chi connectivity index (χ0) is 31.0. The fraction of sp³-hybridized carbons (Fsp3) is 0.343. The van der Waals surface area contributed by atoms with Crippen LogP contribution in [0.25, 0.3) is 0 Å². The van der Waals surface area contributed by atoms with Crippen molar-refractivity contribution in [1.29, 1.82) is 0 Å². The first kappa shape index (κ1) is 32.9. The van der Waals surface area contributed by atoms with Crippen molar-refractivity contribution in [3.8, 4) is 11.5 Å². The molecule has 0 saturated carbocycles. The monoisotopic (exact) mass is 587 g/mol. The van der Waals surface area contributed by atoms with Gasteiger partial charge in [-0.2, -0.15) is 0 Å². The third-order valence-electron chi connectivity index (χ3n) is 6.00. The van der Waals surface area contributed by atoms with Gasteiger partial charge in [-0.3, -0.25) is 4.79 Å². The highest BCUT2D eigenvalue weighted by molar-refractivity contribution is 6.05. The number of nitrogens with one attached hydrogen (secondary N) is 1. The van der Waals surface area contributed by atoms with Crippen LogP contribution < -0.4 is 14.8 Å². The van der Waals surface area contributed by atoms with Crippen molar-refractivity contribution >= 4 is 23.5 Å². The number of ether oxygens (including phenoxy) is 4. The van der Waals surface area contributed by atoms with E-state index in [-0.39, 0.29) is 42.5 Å². The van der Waals surface area contributed by atoms with Gasteiger partial charge in [-0.15, -0.1) is 0 Å². The van der Waals surface area contributed by atoms with Gasteiger partial charge < -0.3 is 24.3 Å². The Morgan fingerprint density at radius 3 is 2.12 bits per heavy atom. The third kappa shape index (κ3) is 12.0. The standard InChI is InChI=1S/C35H41NO7/c1-25(2)23-41-33(37)22-32(35(39)42-24-26(3)4)43-31-16-9-8-15-30(31)36-34(38)28-17-19-29(20-18-28)40-21-11-10-14-27-12-6-5-7-13-27/h5-9,12-13,15-20,22,25-26H,10-11,14,21,23-24H2,1-4H3,(H,36,38)/b32-22-. The van der Waals surface area contributed by atoms with Crippen LogP contribution in [0.3, 0.4) is 0 Å². The molecule has 0 unspecified atom stereocenters. The predicted molar refractivity (Wildman–Crippen MR) is 166 cm³/mol. The van der Waals surface area contributed by atoms with Crippen molar-refractivity contribution in [1.82, 2.24) is 0 Å². The number of carbonyl (C=O) groups is 3. The lowest BCUT2D eigenvalue weighted by Crippen LogP contribution is -2.19. The normalized spacial score (nSPS) is 11.3. The Balaban J connectivity index is 1.61. The first-order valence-electron chi connectivity index (χ1n) is 14.6. The molecule has 0 radical (unpaired) electrons. The maximum absolute atomic E-state index is 13.0. The van der Waals surface area contributed by atoms with E-state index in [1.54, 1.807) is 48.5 Å². The molecule has 8 nitrogen and oxygen atoms in total. The van der Waals surface area contributed by atoms with Crippen molar-refractivity contribution in [2.24, 2.45) is 11.8 Å². The van der Waals surface area contributed by atoms with Crippen LogP contribution in [0.5, 0.6) is 11.5 Å². The highest BCUT2D eigenvalue weighted by Gasteiger charge is 2.20. The van der Waals surface area contributed by atoms with Gasteiger partial charge in [0.05, 0.1) is 31.6 Å². The minimum Gasteiger partial charge on any atom is -0.494 e. The molecule has 0 fully saturated rings.